The number of nitrogens with one attached hydrogen (secondary N) is 2. The van der Waals surface area contributed by atoms with Gasteiger partial charge in [0.15, 0.2) is 0 Å². The van der Waals surface area contributed by atoms with Crippen LogP contribution in [0.15, 0.2) is 65.8 Å². The van der Waals surface area contributed by atoms with Crippen molar-refractivity contribution in [3.63, 3.8) is 0 Å². The van der Waals surface area contributed by atoms with E-state index in [9.17, 15) is 4.79 Å². The predicted octanol–water partition coefficient (Wildman–Crippen LogP) is 2.74. The molecule has 0 radical (unpaired) electrons. The van der Waals surface area contributed by atoms with Crippen molar-refractivity contribution in [2.45, 2.75) is 6.42 Å². The number of rotatable bonds is 6. The summed E-state index contributed by atoms with van der Waals surface area (Å²) in [6, 6.07) is 18.9. The summed E-state index contributed by atoms with van der Waals surface area (Å²) in [5.41, 5.74) is 1.79. The van der Waals surface area contributed by atoms with Gasteiger partial charge in [0.2, 0.25) is 5.91 Å². The number of amides is 1. The molecule has 0 aromatic heterocycles. The highest BCUT2D eigenvalue weighted by atomic mass is 32.1. The van der Waals surface area contributed by atoms with Crippen LogP contribution in [0.5, 0.6) is 0 Å². The molecule has 5 nitrogen and oxygen atoms in total. The molecule has 0 aliphatic heterocycles. The maximum Gasteiger partial charge on any atom is 0.293 e. The van der Waals surface area contributed by atoms with Gasteiger partial charge >= 0.3 is 0 Å². The quantitative estimate of drug-likeness (QED) is 0.486. The lowest BCUT2D eigenvalue weighted by molar-refractivity contribution is -0.120. The van der Waals surface area contributed by atoms with Gasteiger partial charge in [0.05, 0.1) is 19.2 Å². The minimum atomic E-state index is -0.0763. The zero-order valence-corrected chi connectivity index (χ0v) is 13.3. The molecule has 0 saturated heterocycles. The van der Waals surface area contributed by atoms with Gasteiger partial charge in [-0.05, 0) is 29.9 Å². The minimum Gasteiger partial charge on any atom is -0.351 e. The Morgan fingerprint density at radius 3 is 2.43 bits per heavy atom. The number of nitrogens with zero attached hydrogens (tertiary/aromatic N) is 1. The Kier molecular flexibility index (Phi) is 6.74. The Balaban J connectivity index is 1.63. The van der Waals surface area contributed by atoms with Crippen LogP contribution in [-0.4, -0.2) is 23.8 Å². The third-order valence-corrected chi connectivity index (χ3v) is 3.00. The number of oxime groups is 1. The lowest BCUT2D eigenvalue weighted by Crippen LogP contribution is -2.26. The number of para-hydroxylation sites is 1. The normalized spacial score (nSPS) is 10.3. The van der Waals surface area contributed by atoms with E-state index in [-0.39, 0.29) is 17.6 Å². The topological polar surface area (TPSA) is 62.7 Å². The Labute approximate surface area is 140 Å². The van der Waals surface area contributed by atoms with Gasteiger partial charge in [-0.1, -0.05) is 53.7 Å². The molecule has 2 aromatic rings. The predicted molar refractivity (Wildman–Crippen MR) is 95.4 cm³/mol. The van der Waals surface area contributed by atoms with Crippen LogP contribution < -0.4 is 10.6 Å². The monoisotopic (exact) mass is 327 g/mol. The third kappa shape index (κ3) is 6.71. The van der Waals surface area contributed by atoms with Crippen molar-refractivity contribution in [2.24, 2.45) is 5.16 Å². The summed E-state index contributed by atoms with van der Waals surface area (Å²) < 4.78 is 0. The average molecular weight is 327 g/mol. The molecule has 1 amide bonds. The van der Waals surface area contributed by atoms with Crippen molar-refractivity contribution in [1.82, 2.24) is 5.32 Å². The first-order valence-electron chi connectivity index (χ1n) is 7.09. The molecule has 0 atom stereocenters. The van der Waals surface area contributed by atoms with Crippen molar-refractivity contribution in [2.75, 3.05) is 11.9 Å². The zero-order chi connectivity index (χ0) is 16.3. The molecular formula is C17H17N3O2S. The number of benzene rings is 2. The Hall–Kier alpha value is -2.73. The molecular weight excluding hydrogens is 310 g/mol. The molecule has 0 aliphatic rings. The van der Waals surface area contributed by atoms with Gasteiger partial charge in [0.25, 0.3) is 5.17 Å². The molecule has 23 heavy (non-hydrogen) atoms. The highest BCUT2D eigenvalue weighted by molar-refractivity contribution is 7.80. The van der Waals surface area contributed by atoms with Crippen LogP contribution >= 0.6 is 12.2 Å². The first kappa shape index (κ1) is 16.6. The van der Waals surface area contributed by atoms with E-state index >= 15 is 0 Å². The van der Waals surface area contributed by atoms with E-state index in [4.69, 9.17) is 17.1 Å². The summed E-state index contributed by atoms with van der Waals surface area (Å²) >= 11 is 4.99. The van der Waals surface area contributed by atoms with E-state index in [0.717, 1.165) is 11.3 Å². The second-order valence-electron chi connectivity index (χ2n) is 4.62. The number of hydrogen-bond acceptors (Lipinski definition) is 4. The number of anilines is 1. The van der Waals surface area contributed by atoms with Crippen molar-refractivity contribution < 1.29 is 9.63 Å². The number of hydrogen-bond donors (Lipinski definition) is 2. The Bertz CT molecular complexity index is 660. The molecule has 2 N–H and O–H groups in total. The van der Waals surface area contributed by atoms with E-state index in [1.807, 2.05) is 60.7 Å². The van der Waals surface area contributed by atoms with Crippen LogP contribution in [0.4, 0.5) is 5.69 Å². The van der Waals surface area contributed by atoms with Crippen LogP contribution in [0, 0.1) is 0 Å². The maximum absolute atomic E-state index is 11.7. The second-order valence-corrected chi connectivity index (χ2v) is 4.99. The number of thiocarbonyl (C=S) groups is 1. The smallest absolute Gasteiger partial charge is 0.293 e. The van der Waals surface area contributed by atoms with Crippen molar-refractivity contribution in [3.8, 4) is 0 Å². The molecule has 0 fully saturated rings. The van der Waals surface area contributed by atoms with Gasteiger partial charge in [-0.25, -0.2) is 0 Å². The molecule has 0 unspecified atom stereocenters. The first-order chi connectivity index (χ1) is 11.2. The first-order valence-corrected chi connectivity index (χ1v) is 7.50. The minimum absolute atomic E-state index is 0.0763. The van der Waals surface area contributed by atoms with Crippen LogP contribution in [-0.2, 0) is 16.1 Å². The summed E-state index contributed by atoms with van der Waals surface area (Å²) in [6.07, 6.45) is 1.78. The van der Waals surface area contributed by atoms with Gasteiger partial charge in [-0.15, -0.1) is 0 Å². The van der Waals surface area contributed by atoms with Crippen molar-refractivity contribution in [3.05, 3.63) is 66.2 Å². The van der Waals surface area contributed by atoms with Gasteiger partial charge in [-0.2, -0.15) is 0 Å². The molecule has 2 aromatic carbocycles. The number of carbonyl (C=O) groups excluding carboxylic acids is 1. The summed E-state index contributed by atoms with van der Waals surface area (Å²) in [5.74, 6) is -0.0763. The van der Waals surface area contributed by atoms with Crippen LogP contribution in [0.3, 0.4) is 0 Å². The van der Waals surface area contributed by atoms with Gasteiger partial charge < -0.3 is 15.5 Å². The molecule has 118 valence electrons. The fraction of sp³-hybridized carbons (Fsp3) is 0.118. The third-order valence-electron chi connectivity index (χ3n) is 2.83. The average Bonchev–Trinajstić information content (AvgIpc) is 2.56. The van der Waals surface area contributed by atoms with E-state index < -0.39 is 0 Å². The molecule has 2 rings (SSSR count). The van der Waals surface area contributed by atoms with Gasteiger partial charge in [-0.3, -0.25) is 4.79 Å². The highest BCUT2D eigenvalue weighted by Crippen LogP contribution is 2.05. The Morgan fingerprint density at radius 1 is 1.09 bits per heavy atom. The summed E-state index contributed by atoms with van der Waals surface area (Å²) in [5, 5.41) is 9.45. The second kappa shape index (κ2) is 9.32. The van der Waals surface area contributed by atoms with Crippen LogP contribution in [0.25, 0.3) is 0 Å². The highest BCUT2D eigenvalue weighted by Gasteiger charge is 2.01. The molecule has 6 heteroatoms. The zero-order valence-electron chi connectivity index (χ0n) is 12.4. The Morgan fingerprint density at radius 2 is 1.74 bits per heavy atom. The molecule has 0 spiro atoms. The SMILES string of the molecule is O=C(Cc1ccccc1)NC/C=N/OC(=S)Nc1ccccc1. The largest absolute Gasteiger partial charge is 0.351 e. The van der Waals surface area contributed by atoms with E-state index in [1.54, 1.807) is 0 Å². The molecule has 0 aliphatic carbocycles. The number of carbonyl (C=O) groups is 1. The fourth-order valence-electron chi connectivity index (χ4n) is 1.79. The lowest BCUT2D eigenvalue weighted by atomic mass is 10.1. The van der Waals surface area contributed by atoms with E-state index in [2.05, 4.69) is 15.8 Å². The van der Waals surface area contributed by atoms with Gasteiger partial charge in [0, 0.05) is 5.69 Å². The molecule has 0 saturated carbocycles. The van der Waals surface area contributed by atoms with E-state index in [0.29, 0.717) is 6.42 Å². The van der Waals surface area contributed by atoms with Crippen LogP contribution in [0.2, 0.25) is 0 Å². The molecule has 0 bridgehead atoms. The van der Waals surface area contributed by atoms with Crippen molar-refractivity contribution >= 4 is 35.2 Å². The van der Waals surface area contributed by atoms with Crippen molar-refractivity contribution in [1.29, 1.82) is 0 Å². The standard InChI is InChI=1S/C17H17N3O2S/c21-16(13-14-7-3-1-4-8-14)18-11-12-19-22-17(23)20-15-9-5-2-6-10-15/h1-10,12H,11,13H2,(H,18,21)(H,20,23)/b19-12+. The van der Waals surface area contributed by atoms with Crippen LogP contribution in [0.1, 0.15) is 5.56 Å². The summed E-state index contributed by atoms with van der Waals surface area (Å²) in [6.45, 7) is 0.277. The van der Waals surface area contributed by atoms with E-state index in [1.165, 1.54) is 6.21 Å². The summed E-state index contributed by atoms with van der Waals surface area (Å²) in [4.78, 5) is 16.7. The lowest BCUT2D eigenvalue weighted by Gasteiger charge is -2.04. The fourth-order valence-corrected chi connectivity index (χ4v) is 1.95. The summed E-state index contributed by atoms with van der Waals surface area (Å²) in [7, 11) is 0. The maximum atomic E-state index is 11.7. The molecule has 0 heterocycles. The van der Waals surface area contributed by atoms with Gasteiger partial charge in [0.1, 0.15) is 0 Å².